The van der Waals surface area contributed by atoms with Crippen LogP contribution in [-0.2, 0) is 9.53 Å². The molecule has 0 bridgehead atoms. The Bertz CT molecular complexity index is 306. The molecule has 0 spiro atoms. The highest BCUT2D eigenvalue weighted by molar-refractivity contribution is 5.78. The van der Waals surface area contributed by atoms with Gasteiger partial charge in [0.05, 0.1) is 12.1 Å². The smallest absolute Gasteiger partial charge is 0.248 e. The van der Waals surface area contributed by atoms with Crippen molar-refractivity contribution in [2.24, 2.45) is 17.8 Å². The molecule has 4 heteroatoms. The molecule has 1 saturated heterocycles. The van der Waals surface area contributed by atoms with Gasteiger partial charge in [-0.15, -0.1) is 0 Å². The molecule has 5 atom stereocenters. The Balaban J connectivity index is 2.79. The summed E-state index contributed by atoms with van der Waals surface area (Å²) in [5, 5.41) is 10.0. The zero-order valence-electron chi connectivity index (χ0n) is 13.6. The van der Waals surface area contributed by atoms with Crippen molar-refractivity contribution in [1.29, 1.82) is 0 Å². The normalized spacial score (nSPS) is 30.1. The molecule has 0 aromatic rings. The molecule has 1 N–H and O–H groups in total. The van der Waals surface area contributed by atoms with Crippen molar-refractivity contribution in [1.82, 2.24) is 4.90 Å². The van der Waals surface area contributed by atoms with Crippen LogP contribution >= 0.6 is 0 Å². The third-order valence-corrected chi connectivity index (χ3v) is 4.62. The van der Waals surface area contributed by atoms with E-state index >= 15 is 0 Å². The number of likely N-dealkylation sites (tertiary alicyclic amines) is 1. The van der Waals surface area contributed by atoms with Crippen molar-refractivity contribution >= 4 is 5.91 Å². The summed E-state index contributed by atoms with van der Waals surface area (Å²) in [6.07, 6.45) is 2.94. The number of amides is 1. The largest absolute Gasteiger partial charge is 0.391 e. The maximum atomic E-state index is 12.2. The topological polar surface area (TPSA) is 49.8 Å². The summed E-state index contributed by atoms with van der Waals surface area (Å²) in [5.74, 6) is 1.56. The van der Waals surface area contributed by atoms with Crippen molar-refractivity contribution in [2.45, 2.75) is 59.1 Å². The summed E-state index contributed by atoms with van der Waals surface area (Å²) < 4.78 is 4.98. The van der Waals surface area contributed by atoms with Gasteiger partial charge in [0.25, 0.3) is 0 Å². The Hall–Kier alpha value is -0.610. The fourth-order valence-electron chi connectivity index (χ4n) is 3.56. The van der Waals surface area contributed by atoms with Gasteiger partial charge in [0.15, 0.2) is 0 Å². The van der Waals surface area contributed by atoms with Crippen LogP contribution in [-0.4, -0.2) is 48.3 Å². The lowest BCUT2D eigenvalue weighted by molar-refractivity contribution is -0.146. The lowest BCUT2D eigenvalue weighted by Gasteiger charge is -2.45. The maximum absolute atomic E-state index is 12.2. The summed E-state index contributed by atoms with van der Waals surface area (Å²) in [5.41, 5.74) is 0. The van der Waals surface area contributed by atoms with Crippen LogP contribution in [0.2, 0.25) is 0 Å². The molecular formula is C16H31NO3. The van der Waals surface area contributed by atoms with E-state index in [0.717, 1.165) is 19.4 Å². The molecule has 0 aliphatic carbocycles. The minimum atomic E-state index is -0.490. The van der Waals surface area contributed by atoms with Crippen LogP contribution in [0.3, 0.4) is 0 Å². The second-order valence-electron chi connectivity index (χ2n) is 6.54. The first-order valence-electron chi connectivity index (χ1n) is 7.87. The van der Waals surface area contributed by atoms with E-state index in [1.165, 1.54) is 6.42 Å². The van der Waals surface area contributed by atoms with Crippen molar-refractivity contribution in [3.05, 3.63) is 0 Å². The lowest BCUT2D eigenvalue weighted by atomic mass is 9.78. The van der Waals surface area contributed by atoms with Crippen LogP contribution in [0.5, 0.6) is 0 Å². The molecular weight excluding hydrogens is 254 g/mol. The van der Waals surface area contributed by atoms with Crippen molar-refractivity contribution in [2.75, 3.05) is 20.3 Å². The Morgan fingerprint density at radius 3 is 2.60 bits per heavy atom. The zero-order valence-corrected chi connectivity index (χ0v) is 13.6. The summed E-state index contributed by atoms with van der Waals surface area (Å²) in [6, 6.07) is -0.0779. The monoisotopic (exact) mass is 285 g/mol. The number of carbonyl (C=O) groups is 1. The summed E-state index contributed by atoms with van der Waals surface area (Å²) in [6.45, 7) is 9.27. The molecule has 0 aromatic heterocycles. The molecule has 1 aliphatic heterocycles. The Morgan fingerprint density at radius 1 is 1.45 bits per heavy atom. The number of methoxy groups -OCH3 is 1. The standard InChI is InChI=1S/C16H31NO3/c1-6-11(2)7-14-8-12(3)16(13(4)18)17(9-14)15(19)10-20-5/h11-14,16,18H,6-10H2,1-5H3/t11-,12+,13-,14-,16?/m0/s1. The Labute approximate surface area is 123 Å². The predicted molar refractivity (Wildman–Crippen MR) is 80.4 cm³/mol. The van der Waals surface area contributed by atoms with Crippen molar-refractivity contribution < 1.29 is 14.6 Å². The molecule has 1 rings (SSSR count). The van der Waals surface area contributed by atoms with Crippen LogP contribution in [0.4, 0.5) is 0 Å². The van der Waals surface area contributed by atoms with Gasteiger partial charge in [-0.1, -0.05) is 27.2 Å². The number of aliphatic hydroxyl groups is 1. The predicted octanol–water partition coefficient (Wildman–Crippen LogP) is 2.30. The van der Waals surface area contributed by atoms with Crippen LogP contribution in [0.25, 0.3) is 0 Å². The van der Waals surface area contributed by atoms with Gasteiger partial charge in [0.1, 0.15) is 6.61 Å². The zero-order chi connectivity index (χ0) is 15.3. The van der Waals surface area contributed by atoms with E-state index in [4.69, 9.17) is 4.74 Å². The third kappa shape index (κ3) is 4.45. The molecule has 1 unspecified atom stereocenters. The second kappa shape index (κ2) is 7.99. The van der Waals surface area contributed by atoms with E-state index in [9.17, 15) is 9.90 Å². The first-order chi connectivity index (χ1) is 9.40. The minimum absolute atomic E-state index is 0.000832. The van der Waals surface area contributed by atoms with Crippen LogP contribution < -0.4 is 0 Å². The lowest BCUT2D eigenvalue weighted by Crippen LogP contribution is -2.56. The molecule has 0 radical (unpaired) electrons. The number of hydrogen-bond donors (Lipinski definition) is 1. The van der Waals surface area contributed by atoms with Gasteiger partial charge >= 0.3 is 0 Å². The number of piperidine rings is 1. The average Bonchev–Trinajstić information content (AvgIpc) is 2.37. The van der Waals surface area contributed by atoms with Gasteiger partial charge in [0.2, 0.25) is 5.91 Å². The molecule has 1 amide bonds. The van der Waals surface area contributed by atoms with E-state index in [-0.39, 0.29) is 18.6 Å². The number of nitrogens with zero attached hydrogens (tertiary/aromatic N) is 1. The molecule has 1 aliphatic rings. The van der Waals surface area contributed by atoms with Gasteiger partial charge < -0.3 is 14.7 Å². The number of ether oxygens (including phenoxy) is 1. The van der Waals surface area contributed by atoms with Gasteiger partial charge in [-0.3, -0.25) is 4.79 Å². The Morgan fingerprint density at radius 2 is 2.10 bits per heavy atom. The van der Waals surface area contributed by atoms with Crippen LogP contribution in [0, 0.1) is 17.8 Å². The van der Waals surface area contributed by atoms with Gasteiger partial charge in [-0.2, -0.15) is 0 Å². The fraction of sp³-hybridized carbons (Fsp3) is 0.938. The molecule has 1 heterocycles. The molecule has 20 heavy (non-hydrogen) atoms. The molecule has 0 saturated carbocycles. The van der Waals surface area contributed by atoms with E-state index in [1.807, 2.05) is 4.90 Å². The SMILES string of the molecule is CC[C@H](C)C[C@H]1C[C@@H](C)C([C@H](C)O)N(C(=O)COC)C1. The third-order valence-electron chi connectivity index (χ3n) is 4.62. The summed E-state index contributed by atoms with van der Waals surface area (Å²) >= 11 is 0. The van der Waals surface area contributed by atoms with E-state index in [0.29, 0.717) is 17.8 Å². The summed E-state index contributed by atoms with van der Waals surface area (Å²) in [7, 11) is 1.54. The minimum Gasteiger partial charge on any atom is -0.391 e. The van der Waals surface area contributed by atoms with Gasteiger partial charge in [-0.25, -0.2) is 0 Å². The Kier molecular flexibility index (Phi) is 6.96. The van der Waals surface area contributed by atoms with Crippen molar-refractivity contribution in [3.8, 4) is 0 Å². The molecule has 118 valence electrons. The second-order valence-corrected chi connectivity index (χ2v) is 6.54. The highest BCUT2D eigenvalue weighted by Crippen LogP contribution is 2.33. The van der Waals surface area contributed by atoms with Crippen LogP contribution in [0.1, 0.15) is 47.0 Å². The summed E-state index contributed by atoms with van der Waals surface area (Å²) in [4.78, 5) is 14.1. The van der Waals surface area contributed by atoms with E-state index < -0.39 is 6.10 Å². The fourth-order valence-corrected chi connectivity index (χ4v) is 3.56. The van der Waals surface area contributed by atoms with E-state index in [1.54, 1.807) is 14.0 Å². The van der Waals surface area contributed by atoms with Gasteiger partial charge in [0, 0.05) is 13.7 Å². The first-order valence-corrected chi connectivity index (χ1v) is 7.87. The molecule has 0 aromatic carbocycles. The average molecular weight is 285 g/mol. The van der Waals surface area contributed by atoms with Gasteiger partial charge in [-0.05, 0) is 37.5 Å². The number of rotatable bonds is 6. The molecule has 1 fully saturated rings. The van der Waals surface area contributed by atoms with Crippen LogP contribution in [0.15, 0.2) is 0 Å². The quantitative estimate of drug-likeness (QED) is 0.814. The highest BCUT2D eigenvalue weighted by atomic mass is 16.5. The number of hydrogen-bond acceptors (Lipinski definition) is 3. The van der Waals surface area contributed by atoms with E-state index in [2.05, 4.69) is 20.8 Å². The number of carbonyl (C=O) groups excluding carboxylic acids is 1. The first kappa shape index (κ1) is 17.4. The number of aliphatic hydroxyl groups excluding tert-OH is 1. The molecule has 4 nitrogen and oxygen atoms in total. The van der Waals surface area contributed by atoms with Crippen molar-refractivity contribution in [3.63, 3.8) is 0 Å². The maximum Gasteiger partial charge on any atom is 0.248 e. The highest BCUT2D eigenvalue weighted by Gasteiger charge is 2.38.